The van der Waals surface area contributed by atoms with Crippen molar-refractivity contribution < 1.29 is 28.6 Å². The molecular weight excluding hydrogens is 307 g/mol. The number of carbonyl (C=O) groups is 3. The number of amides is 2. The fourth-order valence-electron chi connectivity index (χ4n) is 2.11. The zero-order valence-corrected chi connectivity index (χ0v) is 13.1. The van der Waals surface area contributed by atoms with Crippen molar-refractivity contribution in [2.24, 2.45) is 0 Å². The van der Waals surface area contributed by atoms with Crippen LogP contribution in [0.15, 0.2) is 18.2 Å². The maximum atomic E-state index is 13.9. The van der Waals surface area contributed by atoms with E-state index < -0.39 is 23.2 Å². The number of hydrogen-bond acceptors (Lipinski definition) is 4. The van der Waals surface area contributed by atoms with Crippen LogP contribution in [0.5, 0.6) is 0 Å². The van der Waals surface area contributed by atoms with Gasteiger partial charge in [0.05, 0.1) is 24.1 Å². The van der Waals surface area contributed by atoms with Crippen LogP contribution in [0.1, 0.15) is 30.6 Å². The van der Waals surface area contributed by atoms with Gasteiger partial charge in [-0.3, -0.25) is 14.4 Å². The van der Waals surface area contributed by atoms with Gasteiger partial charge in [0.25, 0.3) is 5.91 Å². The minimum absolute atomic E-state index is 0.0575. The van der Waals surface area contributed by atoms with Crippen molar-refractivity contribution in [1.29, 1.82) is 0 Å². The van der Waals surface area contributed by atoms with Crippen LogP contribution in [0.2, 0.25) is 0 Å². The minimum atomic E-state index is -1.20. The average Bonchev–Trinajstić information content (AvgIpc) is 2.39. The molecule has 0 spiro atoms. The van der Waals surface area contributed by atoms with E-state index in [1.54, 1.807) is 0 Å². The molecule has 0 aliphatic carbocycles. The summed E-state index contributed by atoms with van der Waals surface area (Å²) in [7, 11) is 1.37. The largest absolute Gasteiger partial charge is 0.481 e. The molecule has 23 heavy (non-hydrogen) atoms. The Morgan fingerprint density at radius 3 is 2.52 bits per heavy atom. The number of benzene rings is 1. The van der Waals surface area contributed by atoms with Gasteiger partial charge in [0, 0.05) is 19.7 Å². The second-order valence-corrected chi connectivity index (χ2v) is 5.39. The van der Waals surface area contributed by atoms with Gasteiger partial charge in [-0.1, -0.05) is 0 Å². The third-order valence-corrected chi connectivity index (χ3v) is 2.95. The lowest BCUT2D eigenvalue weighted by Gasteiger charge is -2.28. The first kappa shape index (κ1) is 18.6. The van der Waals surface area contributed by atoms with Crippen LogP contribution >= 0.6 is 0 Å². The van der Waals surface area contributed by atoms with Crippen LogP contribution in [-0.2, 0) is 14.3 Å². The highest BCUT2D eigenvalue weighted by Crippen LogP contribution is 2.17. The number of carbonyl (C=O) groups excluding carboxylic acids is 2. The first-order valence-electron chi connectivity index (χ1n) is 6.77. The third-order valence-electron chi connectivity index (χ3n) is 2.95. The van der Waals surface area contributed by atoms with Crippen LogP contribution in [0.25, 0.3) is 0 Å². The first-order valence-corrected chi connectivity index (χ1v) is 6.77. The summed E-state index contributed by atoms with van der Waals surface area (Å²) in [6.45, 7) is 2.71. The number of nitrogens with one attached hydrogen (secondary N) is 2. The Morgan fingerprint density at radius 1 is 1.35 bits per heavy atom. The van der Waals surface area contributed by atoms with Gasteiger partial charge in [-0.15, -0.1) is 0 Å². The second kappa shape index (κ2) is 7.68. The van der Waals surface area contributed by atoms with Gasteiger partial charge in [0.2, 0.25) is 5.91 Å². The van der Waals surface area contributed by atoms with Gasteiger partial charge >= 0.3 is 5.97 Å². The molecule has 7 nitrogen and oxygen atoms in total. The molecule has 0 aliphatic rings. The quantitative estimate of drug-likeness (QED) is 0.702. The number of ether oxygens (including phenoxy) is 1. The maximum absolute atomic E-state index is 13.9. The molecule has 2 amide bonds. The molecule has 0 heterocycles. The van der Waals surface area contributed by atoms with E-state index in [4.69, 9.17) is 9.84 Å². The van der Waals surface area contributed by atoms with E-state index in [-0.39, 0.29) is 30.2 Å². The SMILES string of the molecule is COCC(C)(CC(=O)O)NC(=O)c1cc(NC(C)=O)ccc1F. The Labute approximate surface area is 132 Å². The van der Waals surface area contributed by atoms with Crippen LogP contribution in [0.4, 0.5) is 10.1 Å². The highest BCUT2D eigenvalue weighted by Gasteiger charge is 2.30. The molecule has 0 aromatic heterocycles. The van der Waals surface area contributed by atoms with Crippen molar-refractivity contribution in [1.82, 2.24) is 5.32 Å². The summed E-state index contributed by atoms with van der Waals surface area (Å²) >= 11 is 0. The topological polar surface area (TPSA) is 105 Å². The van der Waals surface area contributed by atoms with Crippen molar-refractivity contribution in [2.45, 2.75) is 25.8 Å². The third kappa shape index (κ3) is 5.67. The summed E-state index contributed by atoms with van der Waals surface area (Å²) < 4.78 is 18.8. The molecule has 8 heteroatoms. The molecule has 3 N–H and O–H groups in total. The Morgan fingerprint density at radius 2 is 2.00 bits per heavy atom. The molecule has 0 bridgehead atoms. The number of hydrogen-bond donors (Lipinski definition) is 3. The van der Waals surface area contributed by atoms with Crippen molar-refractivity contribution in [3.8, 4) is 0 Å². The van der Waals surface area contributed by atoms with Gasteiger partial charge in [0.1, 0.15) is 5.82 Å². The predicted octanol–water partition coefficient (Wildman–Crippen LogP) is 1.39. The monoisotopic (exact) mass is 326 g/mol. The lowest BCUT2D eigenvalue weighted by atomic mass is 9.98. The van der Waals surface area contributed by atoms with Gasteiger partial charge in [0.15, 0.2) is 0 Å². The number of anilines is 1. The van der Waals surface area contributed by atoms with Gasteiger partial charge in [-0.05, 0) is 25.1 Å². The standard InChI is InChI=1S/C15H19FN2O5/c1-9(19)17-10-4-5-12(16)11(6-10)14(22)18-15(2,8-23-3)7-13(20)21/h4-6H,7-8H2,1-3H3,(H,17,19)(H,18,22)(H,20,21). The zero-order valence-electron chi connectivity index (χ0n) is 13.1. The molecule has 0 saturated carbocycles. The summed E-state index contributed by atoms with van der Waals surface area (Å²) in [4.78, 5) is 34.2. The van der Waals surface area contributed by atoms with E-state index in [2.05, 4.69) is 10.6 Å². The van der Waals surface area contributed by atoms with Crippen molar-refractivity contribution in [3.63, 3.8) is 0 Å². The summed E-state index contributed by atoms with van der Waals surface area (Å²) in [5.74, 6) is -3.07. The molecule has 1 atom stereocenters. The van der Waals surface area contributed by atoms with Crippen molar-refractivity contribution in [2.75, 3.05) is 19.0 Å². The molecule has 1 unspecified atom stereocenters. The Hall–Kier alpha value is -2.48. The molecule has 0 saturated heterocycles. The summed E-state index contributed by atoms with van der Waals surface area (Å²) in [6, 6.07) is 3.55. The molecule has 1 aromatic rings. The van der Waals surface area contributed by atoms with Crippen molar-refractivity contribution >= 4 is 23.5 Å². The first-order chi connectivity index (χ1) is 10.7. The number of methoxy groups -OCH3 is 1. The molecule has 126 valence electrons. The number of carboxylic acid groups (broad SMARTS) is 1. The summed E-state index contributed by atoms with van der Waals surface area (Å²) in [6.07, 6.45) is -0.389. The van der Waals surface area contributed by atoms with E-state index in [9.17, 15) is 18.8 Å². The molecule has 0 aliphatic heterocycles. The lowest BCUT2D eigenvalue weighted by Crippen LogP contribution is -2.51. The summed E-state index contributed by atoms with van der Waals surface area (Å²) in [5, 5.41) is 13.8. The van der Waals surface area contributed by atoms with Gasteiger partial charge in [-0.25, -0.2) is 4.39 Å². The van der Waals surface area contributed by atoms with E-state index in [0.29, 0.717) is 0 Å². The van der Waals surface area contributed by atoms with Gasteiger partial charge in [-0.2, -0.15) is 0 Å². The number of carboxylic acids is 1. The molecule has 1 rings (SSSR count). The van der Waals surface area contributed by atoms with Crippen LogP contribution in [0.3, 0.4) is 0 Å². The van der Waals surface area contributed by atoms with Crippen LogP contribution in [-0.4, -0.2) is 42.1 Å². The van der Waals surface area contributed by atoms with Crippen LogP contribution < -0.4 is 10.6 Å². The number of rotatable bonds is 7. The molecule has 0 fully saturated rings. The molecular formula is C15H19FN2O5. The van der Waals surface area contributed by atoms with Crippen molar-refractivity contribution in [3.05, 3.63) is 29.6 Å². The molecule has 0 radical (unpaired) electrons. The van der Waals surface area contributed by atoms with Crippen LogP contribution in [0, 0.1) is 5.82 Å². The highest BCUT2D eigenvalue weighted by atomic mass is 19.1. The smallest absolute Gasteiger partial charge is 0.305 e. The Kier molecular flexibility index (Phi) is 6.20. The lowest BCUT2D eigenvalue weighted by molar-refractivity contribution is -0.139. The fraction of sp³-hybridized carbons (Fsp3) is 0.400. The Bertz CT molecular complexity index is 620. The fourth-order valence-corrected chi connectivity index (χ4v) is 2.11. The maximum Gasteiger partial charge on any atom is 0.305 e. The normalized spacial score (nSPS) is 13.0. The predicted molar refractivity (Wildman–Crippen MR) is 80.7 cm³/mol. The second-order valence-electron chi connectivity index (χ2n) is 5.39. The average molecular weight is 326 g/mol. The van der Waals surface area contributed by atoms with E-state index in [1.807, 2.05) is 0 Å². The van der Waals surface area contributed by atoms with Gasteiger partial charge < -0.3 is 20.5 Å². The Balaban J connectivity index is 3.03. The van der Waals surface area contributed by atoms with E-state index in [0.717, 1.165) is 6.07 Å². The number of halogens is 1. The highest BCUT2D eigenvalue weighted by molar-refractivity contribution is 5.97. The van der Waals surface area contributed by atoms with E-state index >= 15 is 0 Å². The summed E-state index contributed by atoms with van der Waals surface area (Å²) in [5.41, 5.74) is -1.24. The number of aliphatic carboxylic acids is 1. The minimum Gasteiger partial charge on any atom is -0.481 e. The van der Waals surface area contributed by atoms with E-state index in [1.165, 1.54) is 33.1 Å². The zero-order chi connectivity index (χ0) is 17.6. The molecule has 1 aromatic carbocycles.